The maximum atomic E-state index is 12.1. The molecule has 0 aliphatic carbocycles. The van der Waals surface area contributed by atoms with Gasteiger partial charge < -0.3 is 5.32 Å². The van der Waals surface area contributed by atoms with Gasteiger partial charge in [-0.3, -0.25) is 9.36 Å². The van der Waals surface area contributed by atoms with Crippen LogP contribution < -0.4 is 5.32 Å². The van der Waals surface area contributed by atoms with Gasteiger partial charge in [0, 0.05) is 5.02 Å². The number of thioether (sulfide) groups is 1. The number of amides is 1. The van der Waals surface area contributed by atoms with Crippen molar-refractivity contribution in [3.8, 4) is 5.69 Å². The van der Waals surface area contributed by atoms with Crippen LogP contribution in [0.1, 0.15) is 15.5 Å². The largest absolute Gasteiger partial charge is 0.344 e. The van der Waals surface area contributed by atoms with Crippen LogP contribution >= 0.6 is 34.7 Å². The van der Waals surface area contributed by atoms with Gasteiger partial charge in [0.25, 0.3) is 5.91 Å². The van der Waals surface area contributed by atoms with Crippen molar-refractivity contribution in [3.05, 3.63) is 57.5 Å². The highest BCUT2D eigenvalue weighted by molar-refractivity contribution is 7.98. The molecule has 3 aromatic rings. The number of rotatable bonds is 5. The number of nitrogens with one attached hydrogen (secondary N) is 1. The molecule has 1 N–H and O–H groups in total. The second-order valence-corrected chi connectivity index (χ2v) is 6.74. The predicted octanol–water partition coefficient (Wildman–Crippen LogP) is 3.63. The molecule has 118 valence electrons. The molecule has 2 aromatic heterocycles. The number of halogens is 1. The van der Waals surface area contributed by atoms with Gasteiger partial charge in [-0.15, -0.1) is 21.5 Å². The monoisotopic (exact) mass is 364 g/mol. The molecule has 0 aliphatic heterocycles. The van der Waals surface area contributed by atoms with Crippen molar-refractivity contribution >= 4 is 40.6 Å². The van der Waals surface area contributed by atoms with Crippen LogP contribution in [0.3, 0.4) is 0 Å². The minimum Gasteiger partial charge on any atom is -0.344 e. The Morgan fingerprint density at radius 3 is 2.91 bits per heavy atom. The summed E-state index contributed by atoms with van der Waals surface area (Å²) in [6.45, 7) is 0.288. The summed E-state index contributed by atoms with van der Waals surface area (Å²) < 4.78 is 1.89. The number of hydrogen-bond acceptors (Lipinski definition) is 5. The van der Waals surface area contributed by atoms with Crippen LogP contribution in [0.25, 0.3) is 5.69 Å². The molecule has 0 unspecified atom stereocenters. The minimum absolute atomic E-state index is 0.119. The zero-order valence-electron chi connectivity index (χ0n) is 12.2. The van der Waals surface area contributed by atoms with E-state index < -0.39 is 0 Å². The first-order valence-electron chi connectivity index (χ1n) is 6.75. The first kappa shape index (κ1) is 16.0. The summed E-state index contributed by atoms with van der Waals surface area (Å²) in [5.41, 5.74) is 0.868. The summed E-state index contributed by atoms with van der Waals surface area (Å²) in [6, 6.07) is 11.1. The van der Waals surface area contributed by atoms with Crippen molar-refractivity contribution < 1.29 is 4.79 Å². The summed E-state index contributed by atoms with van der Waals surface area (Å²) >= 11 is 8.96. The lowest BCUT2D eigenvalue weighted by Gasteiger charge is -2.10. The second kappa shape index (κ2) is 7.16. The molecule has 0 spiro atoms. The first-order chi connectivity index (χ1) is 11.2. The number of thiophene rings is 1. The van der Waals surface area contributed by atoms with Gasteiger partial charge in [0.05, 0.1) is 17.1 Å². The van der Waals surface area contributed by atoms with Crippen molar-refractivity contribution in [1.29, 1.82) is 0 Å². The summed E-state index contributed by atoms with van der Waals surface area (Å²) in [5, 5.41) is 14.5. The molecular formula is C15H13ClN4OS2. The van der Waals surface area contributed by atoms with E-state index >= 15 is 0 Å². The number of aromatic nitrogens is 3. The molecule has 0 saturated carbocycles. The SMILES string of the molecule is CSc1nnc(CNC(=O)c2cccs2)n1-c1cccc(Cl)c1. The molecule has 0 radical (unpaired) electrons. The fraction of sp³-hybridized carbons (Fsp3) is 0.133. The van der Waals surface area contributed by atoms with Crippen molar-refractivity contribution in [2.75, 3.05) is 6.26 Å². The standard InChI is InChI=1S/C15H13ClN4OS2/c1-22-15-19-18-13(9-17-14(21)12-6-3-7-23-12)20(15)11-5-2-4-10(16)8-11/h2-8H,9H2,1H3,(H,17,21). The summed E-state index contributed by atoms with van der Waals surface area (Å²) in [4.78, 5) is 12.7. The van der Waals surface area contributed by atoms with Gasteiger partial charge in [-0.1, -0.05) is 35.5 Å². The average Bonchev–Trinajstić information content (AvgIpc) is 3.22. The lowest BCUT2D eigenvalue weighted by molar-refractivity contribution is 0.0953. The van der Waals surface area contributed by atoms with Gasteiger partial charge in [-0.05, 0) is 35.9 Å². The Kier molecular flexibility index (Phi) is 5.00. The topological polar surface area (TPSA) is 59.8 Å². The van der Waals surface area contributed by atoms with Crippen LogP contribution in [0.4, 0.5) is 0 Å². The van der Waals surface area contributed by atoms with Crippen LogP contribution in [0.15, 0.2) is 46.9 Å². The van der Waals surface area contributed by atoms with Crippen LogP contribution in [0.5, 0.6) is 0 Å². The molecule has 0 atom stereocenters. The third kappa shape index (κ3) is 3.57. The van der Waals surface area contributed by atoms with Gasteiger partial charge in [0.1, 0.15) is 0 Å². The molecule has 23 heavy (non-hydrogen) atoms. The van der Waals surface area contributed by atoms with Crippen molar-refractivity contribution in [2.24, 2.45) is 0 Å². The number of nitrogens with zero attached hydrogens (tertiary/aromatic N) is 3. The number of carbonyl (C=O) groups excluding carboxylic acids is 1. The molecule has 1 amide bonds. The van der Waals surface area contributed by atoms with Crippen LogP contribution in [0, 0.1) is 0 Å². The Hall–Kier alpha value is -1.83. The maximum Gasteiger partial charge on any atom is 0.261 e. The highest BCUT2D eigenvalue weighted by atomic mass is 35.5. The fourth-order valence-corrected chi connectivity index (χ4v) is 3.42. The van der Waals surface area contributed by atoms with Crippen LogP contribution in [0.2, 0.25) is 5.02 Å². The summed E-state index contributed by atoms with van der Waals surface area (Å²) in [7, 11) is 0. The molecule has 3 rings (SSSR count). The zero-order valence-corrected chi connectivity index (χ0v) is 14.6. The van der Waals surface area contributed by atoms with Gasteiger partial charge >= 0.3 is 0 Å². The first-order valence-corrected chi connectivity index (χ1v) is 9.23. The van der Waals surface area contributed by atoms with Gasteiger partial charge in [0.15, 0.2) is 11.0 Å². The van der Waals surface area contributed by atoms with E-state index in [9.17, 15) is 4.79 Å². The lowest BCUT2D eigenvalue weighted by atomic mass is 10.3. The normalized spacial score (nSPS) is 10.7. The highest BCUT2D eigenvalue weighted by Gasteiger charge is 2.15. The van der Waals surface area contributed by atoms with E-state index in [1.54, 1.807) is 6.07 Å². The Balaban J connectivity index is 1.85. The van der Waals surface area contributed by atoms with Gasteiger partial charge in [0.2, 0.25) is 0 Å². The highest BCUT2D eigenvalue weighted by Crippen LogP contribution is 2.22. The van der Waals surface area contributed by atoms with E-state index in [0.717, 1.165) is 10.8 Å². The summed E-state index contributed by atoms with van der Waals surface area (Å²) in [6.07, 6.45) is 1.93. The Morgan fingerprint density at radius 2 is 2.22 bits per heavy atom. The Bertz CT molecular complexity index is 817. The molecular weight excluding hydrogens is 352 g/mol. The smallest absolute Gasteiger partial charge is 0.261 e. The second-order valence-electron chi connectivity index (χ2n) is 4.58. The van der Waals surface area contributed by atoms with E-state index in [2.05, 4.69) is 15.5 Å². The number of carbonyl (C=O) groups is 1. The van der Waals surface area contributed by atoms with Crippen LogP contribution in [-0.2, 0) is 6.54 Å². The number of benzene rings is 1. The van der Waals surface area contributed by atoms with Gasteiger partial charge in [-0.2, -0.15) is 0 Å². The maximum absolute atomic E-state index is 12.1. The molecule has 0 fully saturated rings. The molecule has 0 saturated heterocycles. The lowest BCUT2D eigenvalue weighted by Crippen LogP contribution is -2.23. The van der Waals surface area contributed by atoms with Crippen molar-refractivity contribution in [2.45, 2.75) is 11.7 Å². The van der Waals surface area contributed by atoms with Crippen LogP contribution in [-0.4, -0.2) is 26.9 Å². The molecule has 2 heterocycles. The van der Waals surface area contributed by atoms with E-state index in [0.29, 0.717) is 15.7 Å². The van der Waals surface area contributed by atoms with E-state index in [4.69, 9.17) is 11.6 Å². The fourth-order valence-electron chi connectivity index (χ4n) is 2.08. The molecule has 8 heteroatoms. The van der Waals surface area contributed by atoms with Crippen molar-refractivity contribution in [3.63, 3.8) is 0 Å². The van der Waals surface area contributed by atoms with E-state index in [1.807, 2.05) is 46.5 Å². The summed E-state index contributed by atoms with van der Waals surface area (Å²) in [5.74, 6) is 0.535. The predicted molar refractivity (Wildman–Crippen MR) is 93.6 cm³/mol. The quantitative estimate of drug-likeness (QED) is 0.702. The molecule has 0 aliphatic rings. The van der Waals surface area contributed by atoms with Crippen molar-refractivity contribution in [1.82, 2.24) is 20.1 Å². The zero-order chi connectivity index (χ0) is 16.2. The third-order valence-electron chi connectivity index (χ3n) is 3.10. The van der Waals surface area contributed by atoms with E-state index in [1.165, 1.54) is 23.1 Å². The molecule has 1 aromatic carbocycles. The third-order valence-corrected chi connectivity index (χ3v) is 4.83. The van der Waals surface area contributed by atoms with Gasteiger partial charge in [-0.25, -0.2) is 0 Å². The Labute approximate surface area is 146 Å². The Morgan fingerprint density at radius 1 is 1.35 bits per heavy atom. The molecule has 5 nitrogen and oxygen atoms in total. The molecule has 0 bridgehead atoms. The number of hydrogen-bond donors (Lipinski definition) is 1. The van der Waals surface area contributed by atoms with E-state index in [-0.39, 0.29) is 12.5 Å². The minimum atomic E-state index is -0.119. The average molecular weight is 365 g/mol.